The van der Waals surface area contributed by atoms with E-state index in [1.54, 1.807) is 35.6 Å². The molecule has 2 rings (SSSR count). The van der Waals surface area contributed by atoms with Gasteiger partial charge in [-0.25, -0.2) is 4.79 Å². The molecule has 2 aromatic rings. The maximum Gasteiger partial charge on any atom is 0.329 e. The van der Waals surface area contributed by atoms with Crippen LogP contribution in [0.2, 0.25) is 5.02 Å². The first kappa shape index (κ1) is 22.9. The van der Waals surface area contributed by atoms with Crippen LogP contribution < -0.4 is 10.6 Å². The molecule has 0 fully saturated rings. The summed E-state index contributed by atoms with van der Waals surface area (Å²) < 4.78 is 5.15. The number of halogens is 1. The quantitative estimate of drug-likeness (QED) is 0.558. The number of hydrogen-bond acceptors (Lipinski definition) is 5. The molecule has 156 valence electrons. The summed E-state index contributed by atoms with van der Waals surface area (Å²) in [4.78, 5) is 38.0. The van der Waals surface area contributed by atoms with E-state index in [1.165, 1.54) is 4.88 Å². The van der Waals surface area contributed by atoms with Gasteiger partial charge in [0.25, 0.3) is 11.8 Å². The van der Waals surface area contributed by atoms with Crippen molar-refractivity contribution in [3.63, 3.8) is 0 Å². The largest absolute Gasteiger partial charge is 0.454 e. The maximum absolute atomic E-state index is 12.5. The Bertz CT molecular complexity index is 809. The number of rotatable bonds is 10. The van der Waals surface area contributed by atoms with Crippen LogP contribution in [0.15, 0.2) is 41.8 Å². The standard InChI is InChI=1S/C21H25ClN2O4S/c1-3-14(2)19(24-20(26)15-6-8-16(22)9-7-15)21(27)28-13-18(25)23-11-10-17-5-4-12-29-17/h4-9,12,14,19H,3,10-11,13H2,1-2H3,(H,23,25)(H,24,26)/t14-,19-/m0/s1. The van der Waals surface area contributed by atoms with Crippen LogP contribution in [0.4, 0.5) is 0 Å². The molecule has 0 radical (unpaired) electrons. The van der Waals surface area contributed by atoms with E-state index in [1.807, 2.05) is 31.4 Å². The number of thiophene rings is 1. The second-order valence-electron chi connectivity index (χ2n) is 6.63. The fraction of sp³-hybridized carbons (Fsp3) is 0.381. The molecule has 6 nitrogen and oxygen atoms in total. The maximum atomic E-state index is 12.5. The highest BCUT2D eigenvalue weighted by molar-refractivity contribution is 7.09. The van der Waals surface area contributed by atoms with Crippen molar-refractivity contribution in [2.75, 3.05) is 13.2 Å². The lowest BCUT2D eigenvalue weighted by Gasteiger charge is -2.22. The summed E-state index contributed by atoms with van der Waals surface area (Å²) in [7, 11) is 0. The van der Waals surface area contributed by atoms with Gasteiger partial charge in [0.2, 0.25) is 0 Å². The molecule has 0 aliphatic rings. The van der Waals surface area contributed by atoms with Crippen LogP contribution in [0.25, 0.3) is 0 Å². The molecule has 0 aliphatic heterocycles. The van der Waals surface area contributed by atoms with Crippen LogP contribution in [-0.2, 0) is 20.7 Å². The van der Waals surface area contributed by atoms with Crippen molar-refractivity contribution in [3.8, 4) is 0 Å². The lowest BCUT2D eigenvalue weighted by molar-refractivity contribution is -0.151. The summed E-state index contributed by atoms with van der Waals surface area (Å²) in [5, 5.41) is 7.92. The number of ether oxygens (including phenoxy) is 1. The van der Waals surface area contributed by atoms with Crippen LogP contribution in [-0.4, -0.2) is 37.0 Å². The molecule has 2 amide bonds. The van der Waals surface area contributed by atoms with Gasteiger partial charge >= 0.3 is 5.97 Å². The number of hydrogen-bond donors (Lipinski definition) is 2. The van der Waals surface area contributed by atoms with Crippen molar-refractivity contribution in [2.45, 2.75) is 32.7 Å². The van der Waals surface area contributed by atoms with E-state index in [0.717, 1.165) is 6.42 Å². The van der Waals surface area contributed by atoms with Gasteiger partial charge in [-0.05, 0) is 48.1 Å². The lowest BCUT2D eigenvalue weighted by atomic mass is 9.99. The molecule has 0 bridgehead atoms. The smallest absolute Gasteiger partial charge is 0.329 e. The lowest BCUT2D eigenvalue weighted by Crippen LogP contribution is -2.46. The third-order valence-electron chi connectivity index (χ3n) is 4.48. The third kappa shape index (κ3) is 7.51. The van der Waals surface area contributed by atoms with Gasteiger partial charge in [0.1, 0.15) is 6.04 Å². The SMILES string of the molecule is CC[C@H](C)[C@H](NC(=O)c1ccc(Cl)cc1)C(=O)OCC(=O)NCCc1cccs1. The molecular formula is C21H25ClN2O4S. The number of benzene rings is 1. The van der Waals surface area contributed by atoms with Gasteiger partial charge < -0.3 is 15.4 Å². The molecule has 29 heavy (non-hydrogen) atoms. The molecule has 2 atom stereocenters. The Morgan fingerprint density at radius 3 is 2.52 bits per heavy atom. The van der Waals surface area contributed by atoms with Crippen molar-refractivity contribution in [2.24, 2.45) is 5.92 Å². The van der Waals surface area contributed by atoms with E-state index in [2.05, 4.69) is 10.6 Å². The topological polar surface area (TPSA) is 84.5 Å². The van der Waals surface area contributed by atoms with Crippen molar-refractivity contribution >= 4 is 40.7 Å². The minimum atomic E-state index is -0.845. The second kappa shape index (κ2) is 11.6. The fourth-order valence-electron chi connectivity index (χ4n) is 2.55. The Hall–Kier alpha value is -2.38. The Morgan fingerprint density at radius 1 is 1.17 bits per heavy atom. The van der Waals surface area contributed by atoms with Crippen molar-refractivity contribution in [1.82, 2.24) is 10.6 Å². The van der Waals surface area contributed by atoms with Gasteiger partial charge in [0, 0.05) is 22.0 Å². The molecule has 0 unspecified atom stereocenters. The molecule has 1 heterocycles. The predicted molar refractivity (Wildman–Crippen MR) is 114 cm³/mol. The van der Waals surface area contributed by atoms with Gasteiger partial charge in [0.05, 0.1) is 0 Å². The van der Waals surface area contributed by atoms with E-state index >= 15 is 0 Å². The molecule has 1 aromatic carbocycles. The van der Waals surface area contributed by atoms with Crippen molar-refractivity contribution < 1.29 is 19.1 Å². The number of carbonyl (C=O) groups is 3. The normalized spacial score (nSPS) is 12.7. The van der Waals surface area contributed by atoms with Crippen LogP contribution in [0.3, 0.4) is 0 Å². The van der Waals surface area contributed by atoms with E-state index in [4.69, 9.17) is 16.3 Å². The summed E-state index contributed by atoms with van der Waals surface area (Å²) >= 11 is 7.46. The molecule has 0 spiro atoms. The van der Waals surface area contributed by atoms with Gasteiger partial charge in [0.15, 0.2) is 6.61 Å². The van der Waals surface area contributed by atoms with E-state index in [0.29, 0.717) is 23.6 Å². The monoisotopic (exact) mass is 436 g/mol. The Balaban J connectivity index is 1.84. The molecular weight excluding hydrogens is 412 g/mol. The zero-order valence-corrected chi connectivity index (χ0v) is 18.0. The minimum Gasteiger partial charge on any atom is -0.454 e. The Labute approximate surface area is 179 Å². The molecule has 0 saturated heterocycles. The summed E-state index contributed by atoms with van der Waals surface area (Å²) in [5.41, 5.74) is 0.391. The first-order valence-corrected chi connectivity index (χ1v) is 10.7. The molecule has 8 heteroatoms. The Morgan fingerprint density at radius 2 is 1.90 bits per heavy atom. The molecule has 0 saturated carbocycles. The Kier molecular flexibility index (Phi) is 9.15. The van der Waals surface area contributed by atoms with Crippen LogP contribution >= 0.6 is 22.9 Å². The number of esters is 1. The van der Waals surface area contributed by atoms with Crippen LogP contribution in [0.1, 0.15) is 35.5 Å². The molecule has 2 N–H and O–H groups in total. The number of nitrogens with one attached hydrogen (secondary N) is 2. The highest BCUT2D eigenvalue weighted by Crippen LogP contribution is 2.13. The summed E-state index contributed by atoms with van der Waals surface area (Å²) in [5.74, 6) is -1.55. The van der Waals surface area contributed by atoms with Crippen molar-refractivity contribution in [3.05, 3.63) is 57.2 Å². The number of amides is 2. The van der Waals surface area contributed by atoms with Crippen LogP contribution in [0, 0.1) is 5.92 Å². The van der Waals surface area contributed by atoms with Gasteiger partial charge in [-0.3, -0.25) is 9.59 Å². The zero-order chi connectivity index (χ0) is 21.2. The number of carbonyl (C=O) groups excluding carboxylic acids is 3. The zero-order valence-electron chi connectivity index (χ0n) is 16.4. The van der Waals surface area contributed by atoms with E-state index < -0.39 is 17.9 Å². The first-order chi connectivity index (χ1) is 13.9. The molecule has 0 aliphatic carbocycles. The average molecular weight is 437 g/mol. The van der Waals surface area contributed by atoms with Gasteiger partial charge in [-0.15, -0.1) is 11.3 Å². The third-order valence-corrected chi connectivity index (χ3v) is 5.67. The van der Waals surface area contributed by atoms with Gasteiger partial charge in [-0.1, -0.05) is 37.9 Å². The minimum absolute atomic E-state index is 0.152. The summed E-state index contributed by atoms with van der Waals surface area (Å²) in [6, 6.07) is 9.48. The van der Waals surface area contributed by atoms with E-state index in [9.17, 15) is 14.4 Å². The fourth-order valence-corrected chi connectivity index (χ4v) is 3.39. The summed E-state index contributed by atoms with van der Waals surface area (Å²) in [6.07, 6.45) is 1.39. The highest BCUT2D eigenvalue weighted by Gasteiger charge is 2.28. The van der Waals surface area contributed by atoms with Crippen molar-refractivity contribution in [1.29, 1.82) is 0 Å². The highest BCUT2D eigenvalue weighted by atomic mass is 35.5. The average Bonchev–Trinajstić information content (AvgIpc) is 3.23. The second-order valence-corrected chi connectivity index (χ2v) is 8.10. The first-order valence-electron chi connectivity index (χ1n) is 9.42. The van der Waals surface area contributed by atoms with E-state index in [-0.39, 0.29) is 18.4 Å². The predicted octanol–water partition coefficient (Wildman–Crippen LogP) is 3.45. The summed E-state index contributed by atoms with van der Waals surface area (Å²) in [6.45, 7) is 3.85. The van der Waals surface area contributed by atoms with Gasteiger partial charge in [-0.2, -0.15) is 0 Å². The molecule has 1 aromatic heterocycles. The van der Waals surface area contributed by atoms with Crippen LogP contribution in [0.5, 0.6) is 0 Å².